The first-order chi connectivity index (χ1) is 13.9. The number of benzene rings is 2. The minimum absolute atomic E-state index is 0.0156. The summed E-state index contributed by atoms with van der Waals surface area (Å²) < 4.78 is 39.5. The maximum Gasteiger partial charge on any atom is 0.322 e. The highest BCUT2D eigenvalue weighted by molar-refractivity contribution is 7.91. The van der Waals surface area contributed by atoms with Crippen LogP contribution in [0, 0.1) is 0 Å². The summed E-state index contributed by atoms with van der Waals surface area (Å²) in [6.07, 6.45) is 0. The number of methoxy groups -OCH3 is 1. The van der Waals surface area contributed by atoms with Crippen LogP contribution >= 0.6 is 0 Å². The van der Waals surface area contributed by atoms with Crippen LogP contribution in [0.2, 0.25) is 0 Å². The van der Waals surface area contributed by atoms with Crippen LogP contribution in [0.3, 0.4) is 0 Å². The molecule has 0 saturated heterocycles. The Balaban J connectivity index is 1.58. The van der Waals surface area contributed by atoms with Crippen LogP contribution in [-0.4, -0.2) is 44.0 Å². The van der Waals surface area contributed by atoms with Gasteiger partial charge in [0, 0.05) is 5.56 Å². The van der Waals surface area contributed by atoms with Crippen LogP contribution in [0.25, 0.3) is 11.5 Å². The molecule has 0 aliphatic heterocycles. The molecule has 0 radical (unpaired) electrons. The van der Waals surface area contributed by atoms with Crippen molar-refractivity contribution >= 4 is 21.8 Å². The van der Waals surface area contributed by atoms with Gasteiger partial charge in [0.25, 0.3) is 5.91 Å². The van der Waals surface area contributed by atoms with Crippen molar-refractivity contribution in [2.75, 3.05) is 24.8 Å². The summed E-state index contributed by atoms with van der Waals surface area (Å²) in [6.45, 7) is 1.34. The molecule has 9 nitrogen and oxygen atoms in total. The lowest BCUT2D eigenvalue weighted by atomic mass is 10.2. The summed E-state index contributed by atoms with van der Waals surface area (Å²) >= 11 is 0. The van der Waals surface area contributed by atoms with E-state index in [2.05, 4.69) is 15.5 Å². The molecular weight excluding hydrogens is 398 g/mol. The monoisotopic (exact) mass is 417 g/mol. The van der Waals surface area contributed by atoms with Gasteiger partial charge in [0.2, 0.25) is 5.89 Å². The van der Waals surface area contributed by atoms with Crippen LogP contribution < -0.4 is 14.8 Å². The van der Waals surface area contributed by atoms with Crippen LogP contribution in [-0.2, 0) is 14.6 Å². The molecule has 1 amide bonds. The quantitative estimate of drug-likeness (QED) is 0.594. The molecule has 1 heterocycles. The van der Waals surface area contributed by atoms with Crippen molar-refractivity contribution in [3.05, 3.63) is 48.5 Å². The van der Waals surface area contributed by atoms with Crippen molar-refractivity contribution in [3.8, 4) is 23.0 Å². The number of anilines is 1. The Hall–Kier alpha value is -3.40. The number of ether oxygens (including phenoxy) is 2. The van der Waals surface area contributed by atoms with Crippen LogP contribution in [0.4, 0.5) is 6.01 Å². The first-order valence-electron chi connectivity index (χ1n) is 8.64. The van der Waals surface area contributed by atoms with E-state index in [1.165, 1.54) is 12.1 Å². The van der Waals surface area contributed by atoms with E-state index in [0.717, 1.165) is 0 Å². The molecule has 2 aromatic carbocycles. The van der Waals surface area contributed by atoms with E-state index in [1.807, 2.05) is 0 Å². The molecule has 3 aromatic rings. The number of nitrogens with one attached hydrogen (secondary N) is 1. The van der Waals surface area contributed by atoms with Gasteiger partial charge in [-0.1, -0.05) is 12.0 Å². The molecule has 29 heavy (non-hydrogen) atoms. The molecule has 152 valence electrons. The third-order valence-corrected chi connectivity index (χ3v) is 5.69. The second-order valence-corrected chi connectivity index (χ2v) is 8.13. The number of hydrogen-bond acceptors (Lipinski definition) is 8. The molecule has 0 atom stereocenters. The highest BCUT2D eigenvalue weighted by Crippen LogP contribution is 2.22. The zero-order valence-corrected chi connectivity index (χ0v) is 16.6. The first kappa shape index (κ1) is 20.3. The van der Waals surface area contributed by atoms with Gasteiger partial charge in [0.1, 0.15) is 11.5 Å². The second-order valence-electron chi connectivity index (χ2n) is 5.85. The number of amides is 1. The topological polar surface area (TPSA) is 121 Å². The van der Waals surface area contributed by atoms with E-state index < -0.39 is 15.7 Å². The highest BCUT2D eigenvalue weighted by atomic mass is 32.2. The Morgan fingerprint density at radius 2 is 1.69 bits per heavy atom. The van der Waals surface area contributed by atoms with Gasteiger partial charge in [0.05, 0.1) is 17.8 Å². The van der Waals surface area contributed by atoms with Crippen LogP contribution in [0.15, 0.2) is 57.8 Å². The number of carbonyl (C=O) groups is 1. The number of sulfone groups is 1. The fourth-order valence-electron chi connectivity index (χ4n) is 2.34. The van der Waals surface area contributed by atoms with E-state index in [1.54, 1.807) is 50.4 Å². The summed E-state index contributed by atoms with van der Waals surface area (Å²) in [5.41, 5.74) is 0.530. The third kappa shape index (κ3) is 5.11. The lowest BCUT2D eigenvalue weighted by Crippen LogP contribution is -2.20. The Bertz CT molecular complexity index is 1080. The standard InChI is InChI=1S/C19H19N3O6S/c1-3-29(24,25)16-10-4-13(5-11-16)18-21-22-19(28-18)20-17(23)12-27-15-8-6-14(26-2)7-9-15/h4-11H,3,12H2,1-2H3,(H,20,22,23). The van der Waals surface area contributed by atoms with Crippen LogP contribution in [0.5, 0.6) is 11.5 Å². The summed E-state index contributed by atoms with van der Waals surface area (Å²) in [6, 6.07) is 12.8. The largest absolute Gasteiger partial charge is 0.497 e. The molecule has 0 unspecified atom stereocenters. The maximum absolute atomic E-state index is 12.0. The minimum atomic E-state index is -3.29. The van der Waals surface area contributed by atoms with E-state index in [0.29, 0.717) is 17.1 Å². The molecule has 0 saturated carbocycles. The summed E-state index contributed by atoms with van der Waals surface area (Å²) in [7, 11) is -1.73. The predicted molar refractivity (Wildman–Crippen MR) is 105 cm³/mol. The zero-order valence-electron chi connectivity index (χ0n) is 15.8. The van der Waals surface area contributed by atoms with E-state index in [-0.39, 0.29) is 29.2 Å². The molecule has 1 aromatic heterocycles. The van der Waals surface area contributed by atoms with Crippen molar-refractivity contribution in [1.82, 2.24) is 10.2 Å². The summed E-state index contributed by atoms with van der Waals surface area (Å²) in [5, 5.41) is 10.1. The molecule has 0 spiro atoms. The predicted octanol–water partition coefficient (Wildman–Crippen LogP) is 2.56. The highest BCUT2D eigenvalue weighted by Gasteiger charge is 2.14. The van der Waals surface area contributed by atoms with E-state index in [4.69, 9.17) is 13.9 Å². The second kappa shape index (κ2) is 8.74. The molecule has 0 aliphatic rings. The van der Waals surface area contributed by atoms with Gasteiger partial charge >= 0.3 is 6.01 Å². The van der Waals surface area contributed by atoms with Gasteiger partial charge < -0.3 is 13.9 Å². The van der Waals surface area contributed by atoms with Crippen molar-refractivity contribution in [2.24, 2.45) is 0 Å². The molecule has 1 N–H and O–H groups in total. The number of hydrogen-bond donors (Lipinski definition) is 1. The average Bonchev–Trinajstić information content (AvgIpc) is 3.21. The third-order valence-electron chi connectivity index (χ3n) is 3.94. The van der Waals surface area contributed by atoms with Crippen molar-refractivity contribution in [3.63, 3.8) is 0 Å². The molecule has 0 fully saturated rings. The first-order valence-corrected chi connectivity index (χ1v) is 10.3. The van der Waals surface area contributed by atoms with Gasteiger partial charge in [-0.25, -0.2) is 8.42 Å². The lowest BCUT2D eigenvalue weighted by molar-refractivity contribution is -0.118. The van der Waals surface area contributed by atoms with Gasteiger partial charge in [-0.2, -0.15) is 0 Å². The Kier molecular flexibility index (Phi) is 6.13. The van der Waals surface area contributed by atoms with Crippen molar-refractivity contribution < 1.29 is 27.1 Å². The van der Waals surface area contributed by atoms with E-state index >= 15 is 0 Å². The number of nitrogens with zero attached hydrogens (tertiary/aromatic N) is 2. The zero-order chi connectivity index (χ0) is 20.9. The summed E-state index contributed by atoms with van der Waals surface area (Å²) in [4.78, 5) is 12.2. The van der Waals surface area contributed by atoms with Gasteiger partial charge in [-0.15, -0.1) is 5.10 Å². The molecule has 10 heteroatoms. The SMILES string of the molecule is CCS(=O)(=O)c1ccc(-c2nnc(NC(=O)COc3ccc(OC)cc3)o2)cc1. The fraction of sp³-hybridized carbons (Fsp3) is 0.211. The molecule has 0 aliphatic carbocycles. The normalized spacial score (nSPS) is 11.1. The maximum atomic E-state index is 12.0. The Morgan fingerprint density at radius 1 is 1.03 bits per heavy atom. The fourth-order valence-corrected chi connectivity index (χ4v) is 3.22. The van der Waals surface area contributed by atoms with Crippen molar-refractivity contribution in [1.29, 1.82) is 0 Å². The number of carbonyl (C=O) groups excluding carboxylic acids is 1. The minimum Gasteiger partial charge on any atom is -0.497 e. The van der Waals surface area contributed by atoms with Crippen LogP contribution in [0.1, 0.15) is 6.92 Å². The number of aromatic nitrogens is 2. The lowest BCUT2D eigenvalue weighted by Gasteiger charge is -2.06. The summed E-state index contributed by atoms with van der Waals surface area (Å²) in [5.74, 6) is 0.883. The Labute approximate surface area is 167 Å². The van der Waals surface area contributed by atoms with Gasteiger partial charge in [-0.3, -0.25) is 10.1 Å². The molecule has 3 rings (SSSR count). The molecular formula is C19H19N3O6S. The van der Waals surface area contributed by atoms with Gasteiger partial charge in [0.15, 0.2) is 16.4 Å². The molecule has 0 bridgehead atoms. The smallest absolute Gasteiger partial charge is 0.322 e. The average molecular weight is 417 g/mol. The van der Waals surface area contributed by atoms with Crippen molar-refractivity contribution in [2.45, 2.75) is 11.8 Å². The van der Waals surface area contributed by atoms with E-state index in [9.17, 15) is 13.2 Å². The Morgan fingerprint density at radius 3 is 2.31 bits per heavy atom. The van der Waals surface area contributed by atoms with Gasteiger partial charge in [-0.05, 0) is 48.5 Å². The number of rotatable bonds is 8.